The molecule has 8 heteroatoms. The minimum Gasteiger partial charge on any atom is -0.544 e. The van der Waals surface area contributed by atoms with E-state index in [4.69, 9.17) is 9.47 Å². The van der Waals surface area contributed by atoms with Gasteiger partial charge in [0.15, 0.2) is 11.5 Å². The number of aromatic carboxylic acids is 1. The Hall–Kier alpha value is -2.87. The van der Waals surface area contributed by atoms with Crippen LogP contribution in [-0.4, -0.2) is 30.8 Å². The van der Waals surface area contributed by atoms with Crippen molar-refractivity contribution in [2.45, 2.75) is 26.9 Å². The Labute approximate surface area is 155 Å². The van der Waals surface area contributed by atoms with Gasteiger partial charge in [0.25, 0.3) is 5.91 Å². The average Bonchev–Trinajstić information content (AvgIpc) is 3.09. The molecule has 0 saturated carbocycles. The fourth-order valence-electron chi connectivity index (χ4n) is 2.06. The average molecular weight is 375 g/mol. The van der Waals surface area contributed by atoms with Gasteiger partial charge in [-0.05, 0) is 51.1 Å². The van der Waals surface area contributed by atoms with E-state index in [0.29, 0.717) is 27.7 Å². The summed E-state index contributed by atoms with van der Waals surface area (Å²) in [5.74, 6) is -0.666. The SMILES string of the molecule is COc1cc(C(=O)N/N=C(/C)c2ccc(C(=O)[O-])s2)ccc1OC(C)C. The maximum Gasteiger partial charge on any atom is 0.271 e. The van der Waals surface area contributed by atoms with Gasteiger partial charge < -0.3 is 19.4 Å². The maximum absolute atomic E-state index is 12.3. The van der Waals surface area contributed by atoms with E-state index in [-0.39, 0.29) is 11.0 Å². The number of carbonyl (C=O) groups excluding carboxylic acids is 2. The van der Waals surface area contributed by atoms with Gasteiger partial charge in [-0.3, -0.25) is 4.79 Å². The number of hydrogen-bond donors (Lipinski definition) is 1. The van der Waals surface area contributed by atoms with E-state index in [0.717, 1.165) is 11.3 Å². The van der Waals surface area contributed by atoms with Crippen molar-refractivity contribution in [2.75, 3.05) is 7.11 Å². The van der Waals surface area contributed by atoms with Crippen molar-refractivity contribution in [1.82, 2.24) is 5.43 Å². The third-order valence-electron chi connectivity index (χ3n) is 3.28. The molecule has 0 spiro atoms. The van der Waals surface area contributed by atoms with E-state index in [2.05, 4.69) is 10.5 Å². The highest BCUT2D eigenvalue weighted by Gasteiger charge is 2.12. The van der Waals surface area contributed by atoms with E-state index >= 15 is 0 Å². The van der Waals surface area contributed by atoms with Crippen LogP contribution in [0.2, 0.25) is 0 Å². The zero-order chi connectivity index (χ0) is 19.3. The van der Waals surface area contributed by atoms with Gasteiger partial charge in [-0.2, -0.15) is 5.10 Å². The van der Waals surface area contributed by atoms with E-state index in [1.165, 1.54) is 13.2 Å². The number of carboxylic acids is 1. The number of thiophene rings is 1. The summed E-state index contributed by atoms with van der Waals surface area (Å²) < 4.78 is 10.9. The quantitative estimate of drug-likeness (QED) is 0.590. The second kappa shape index (κ2) is 8.48. The Kier molecular flexibility index (Phi) is 6.35. The molecule has 1 N–H and O–H groups in total. The first-order chi connectivity index (χ1) is 12.3. The summed E-state index contributed by atoms with van der Waals surface area (Å²) in [7, 11) is 1.50. The van der Waals surface area contributed by atoms with Crippen molar-refractivity contribution in [3.8, 4) is 11.5 Å². The molecule has 2 aromatic rings. The smallest absolute Gasteiger partial charge is 0.271 e. The summed E-state index contributed by atoms with van der Waals surface area (Å²) in [5.41, 5.74) is 3.29. The highest BCUT2D eigenvalue weighted by molar-refractivity contribution is 7.15. The van der Waals surface area contributed by atoms with Crippen LogP contribution in [0.5, 0.6) is 11.5 Å². The third-order valence-corrected chi connectivity index (χ3v) is 4.45. The van der Waals surface area contributed by atoms with Crippen molar-refractivity contribution in [1.29, 1.82) is 0 Å². The van der Waals surface area contributed by atoms with Crippen molar-refractivity contribution < 1.29 is 24.2 Å². The standard InChI is InChI=1S/C18H20N2O5S/c1-10(2)25-13-6-5-12(9-14(13)24-4)17(21)20-19-11(3)15-7-8-16(26-15)18(22)23/h5-10H,1-4H3,(H,20,21)(H,22,23)/p-1/b19-11-. The molecular formula is C18H19N2O5S-. The zero-order valence-electron chi connectivity index (χ0n) is 14.9. The topological polar surface area (TPSA) is 100 Å². The molecule has 0 radical (unpaired) electrons. The van der Waals surface area contributed by atoms with Gasteiger partial charge in [-0.1, -0.05) is 0 Å². The molecule has 0 saturated heterocycles. The van der Waals surface area contributed by atoms with Gasteiger partial charge in [0.2, 0.25) is 0 Å². The summed E-state index contributed by atoms with van der Waals surface area (Å²) in [4.78, 5) is 23.8. The Morgan fingerprint density at radius 3 is 2.42 bits per heavy atom. The number of amides is 1. The van der Waals surface area contributed by atoms with Crippen molar-refractivity contribution in [2.24, 2.45) is 5.10 Å². The van der Waals surface area contributed by atoms with Crippen LogP contribution in [0.15, 0.2) is 35.4 Å². The molecule has 0 aliphatic rings. The van der Waals surface area contributed by atoms with Gasteiger partial charge in [-0.25, -0.2) is 5.43 Å². The number of methoxy groups -OCH3 is 1. The predicted molar refractivity (Wildman–Crippen MR) is 97.1 cm³/mol. The molecular weight excluding hydrogens is 356 g/mol. The lowest BCUT2D eigenvalue weighted by Gasteiger charge is -2.14. The van der Waals surface area contributed by atoms with Gasteiger partial charge in [0, 0.05) is 5.56 Å². The number of hydrogen-bond acceptors (Lipinski definition) is 7. The van der Waals surface area contributed by atoms with E-state index in [9.17, 15) is 14.7 Å². The summed E-state index contributed by atoms with van der Waals surface area (Å²) in [6.45, 7) is 5.47. The van der Waals surface area contributed by atoms with Gasteiger partial charge in [-0.15, -0.1) is 11.3 Å². The number of benzene rings is 1. The molecule has 26 heavy (non-hydrogen) atoms. The predicted octanol–water partition coefficient (Wildman–Crippen LogP) is 2.06. The molecule has 0 atom stereocenters. The monoisotopic (exact) mass is 375 g/mol. The largest absolute Gasteiger partial charge is 0.544 e. The van der Waals surface area contributed by atoms with E-state index in [1.807, 2.05) is 13.8 Å². The lowest BCUT2D eigenvalue weighted by Crippen LogP contribution is -2.20. The molecule has 7 nitrogen and oxygen atoms in total. The van der Waals surface area contributed by atoms with Crippen LogP contribution in [0.25, 0.3) is 0 Å². The van der Waals surface area contributed by atoms with Crippen molar-refractivity contribution in [3.05, 3.63) is 45.6 Å². The number of rotatable bonds is 7. The lowest BCUT2D eigenvalue weighted by atomic mass is 10.2. The molecule has 0 bridgehead atoms. The fraction of sp³-hybridized carbons (Fsp3) is 0.278. The summed E-state index contributed by atoms with van der Waals surface area (Å²) in [6, 6.07) is 7.89. The van der Waals surface area contributed by atoms with Crippen molar-refractivity contribution in [3.63, 3.8) is 0 Å². The molecule has 0 aliphatic carbocycles. The Balaban J connectivity index is 2.12. The summed E-state index contributed by atoms with van der Waals surface area (Å²) >= 11 is 1.03. The van der Waals surface area contributed by atoms with Crippen molar-refractivity contribution >= 4 is 28.9 Å². The van der Waals surface area contributed by atoms with Crippen LogP contribution in [-0.2, 0) is 0 Å². The van der Waals surface area contributed by atoms with Crippen LogP contribution in [0.3, 0.4) is 0 Å². The first-order valence-electron chi connectivity index (χ1n) is 7.82. The van der Waals surface area contributed by atoms with Crippen LogP contribution in [0.1, 0.15) is 45.7 Å². The van der Waals surface area contributed by atoms with Crippen LogP contribution in [0, 0.1) is 0 Å². The number of nitrogens with zero attached hydrogens (tertiary/aromatic N) is 1. The number of carbonyl (C=O) groups is 2. The molecule has 1 aromatic carbocycles. The number of hydrazone groups is 1. The second-order valence-corrected chi connectivity index (χ2v) is 6.71. The van der Waals surface area contributed by atoms with Crippen LogP contribution < -0.4 is 20.0 Å². The minimum atomic E-state index is -1.24. The molecule has 0 unspecified atom stereocenters. The molecule has 0 fully saturated rings. The minimum absolute atomic E-state index is 0.0208. The van der Waals surface area contributed by atoms with Gasteiger partial charge in [0.05, 0.1) is 34.6 Å². The molecule has 2 rings (SSSR count). The number of nitrogens with one attached hydrogen (secondary N) is 1. The fourth-order valence-corrected chi connectivity index (χ4v) is 2.84. The molecule has 1 amide bonds. The molecule has 0 aliphatic heterocycles. The first-order valence-corrected chi connectivity index (χ1v) is 8.64. The zero-order valence-corrected chi connectivity index (χ0v) is 15.7. The third kappa shape index (κ3) is 4.82. The van der Waals surface area contributed by atoms with Gasteiger partial charge in [0.1, 0.15) is 0 Å². The second-order valence-electron chi connectivity index (χ2n) is 5.62. The number of carboxylic acid groups (broad SMARTS) is 1. The van der Waals surface area contributed by atoms with Crippen LogP contribution >= 0.6 is 11.3 Å². The highest BCUT2D eigenvalue weighted by Crippen LogP contribution is 2.29. The summed E-state index contributed by atoms with van der Waals surface area (Å²) in [5, 5.41) is 14.8. The molecule has 1 heterocycles. The highest BCUT2D eigenvalue weighted by atomic mass is 32.1. The Bertz CT molecular complexity index is 842. The van der Waals surface area contributed by atoms with E-state index in [1.54, 1.807) is 31.2 Å². The Morgan fingerprint density at radius 1 is 1.15 bits per heavy atom. The maximum atomic E-state index is 12.3. The Morgan fingerprint density at radius 2 is 1.85 bits per heavy atom. The van der Waals surface area contributed by atoms with E-state index < -0.39 is 11.9 Å². The van der Waals surface area contributed by atoms with Gasteiger partial charge >= 0.3 is 0 Å². The lowest BCUT2D eigenvalue weighted by molar-refractivity contribution is -0.254. The molecule has 138 valence electrons. The first kappa shape index (κ1) is 19.5. The molecule has 1 aromatic heterocycles. The summed E-state index contributed by atoms with van der Waals surface area (Å²) in [6.07, 6.45) is -0.0208. The number of ether oxygens (including phenoxy) is 2. The van der Waals surface area contributed by atoms with Crippen LogP contribution in [0.4, 0.5) is 0 Å². The normalized spacial score (nSPS) is 11.3.